The van der Waals surface area contributed by atoms with Crippen molar-refractivity contribution in [3.63, 3.8) is 0 Å². The molecule has 1 fully saturated rings. The molecule has 1 heterocycles. The van der Waals surface area contributed by atoms with Gasteiger partial charge in [0.2, 0.25) is 11.9 Å². The molecule has 1 saturated carbocycles. The molecule has 29 heavy (non-hydrogen) atoms. The van der Waals surface area contributed by atoms with Gasteiger partial charge in [0.05, 0.1) is 6.04 Å². The molecule has 0 unspecified atom stereocenters. The maximum Gasteiger partial charge on any atom is 0.225 e. The van der Waals surface area contributed by atoms with Gasteiger partial charge >= 0.3 is 0 Å². The third-order valence-corrected chi connectivity index (χ3v) is 5.71. The van der Waals surface area contributed by atoms with Crippen LogP contribution in [0.15, 0.2) is 30.3 Å². The quantitative estimate of drug-likeness (QED) is 0.733. The minimum absolute atomic E-state index is 0.0271. The predicted molar refractivity (Wildman–Crippen MR) is 118 cm³/mol. The number of nitrogens with one attached hydrogen (secondary N) is 2. The van der Waals surface area contributed by atoms with Gasteiger partial charge in [0.15, 0.2) is 0 Å². The van der Waals surface area contributed by atoms with Crippen LogP contribution in [0, 0.1) is 12.8 Å². The largest absolute Gasteiger partial charge is 0.363 e. The summed E-state index contributed by atoms with van der Waals surface area (Å²) in [5.41, 5.74) is 2.00. The Kier molecular flexibility index (Phi) is 6.96. The minimum atomic E-state index is -0.0271. The average Bonchev–Trinajstić information content (AvgIpc) is 2.68. The average molecular weight is 416 g/mol. The second-order valence-electron chi connectivity index (χ2n) is 8.06. The molecule has 6 nitrogen and oxygen atoms in total. The van der Waals surface area contributed by atoms with E-state index in [4.69, 9.17) is 11.6 Å². The lowest BCUT2D eigenvalue weighted by Crippen LogP contribution is -2.37. The number of nitrogens with zero attached hydrogens (tertiary/aromatic N) is 3. The zero-order valence-electron chi connectivity index (χ0n) is 17.6. The maximum absolute atomic E-state index is 12.7. The second-order valence-corrected chi connectivity index (χ2v) is 8.50. The van der Waals surface area contributed by atoms with E-state index in [-0.39, 0.29) is 17.9 Å². The number of amides is 1. The summed E-state index contributed by atoms with van der Waals surface area (Å²) in [4.78, 5) is 23.7. The molecule has 1 atom stereocenters. The molecule has 0 saturated heterocycles. The number of hydrogen-bond acceptors (Lipinski definition) is 5. The highest BCUT2D eigenvalue weighted by molar-refractivity contribution is 6.30. The van der Waals surface area contributed by atoms with E-state index in [9.17, 15) is 4.79 Å². The van der Waals surface area contributed by atoms with Crippen molar-refractivity contribution < 1.29 is 4.79 Å². The Hall–Kier alpha value is -2.34. The van der Waals surface area contributed by atoms with Crippen molar-refractivity contribution in [2.45, 2.75) is 51.6 Å². The van der Waals surface area contributed by atoms with Crippen molar-refractivity contribution >= 4 is 29.3 Å². The van der Waals surface area contributed by atoms with Crippen LogP contribution in [0.1, 0.15) is 49.9 Å². The number of hydrogen-bond donors (Lipinski definition) is 2. The van der Waals surface area contributed by atoms with Crippen LogP contribution in [0.3, 0.4) is 0 Å². The fourth-order valence-corrected chi connectivity index (χ4v) is 3.82. The lowest BCUT2D eigenvalue weighted by atomic mass is 9.85. The van der Waals surface area contributed by atoms with Crippen molar-refractivity contribution in [3.05, 3.63) is 46.6 Å². The Labute approximate surface area is 178 Å². The molecule has 156 valence electrons. The van der Waals surface area contributed by atoms with Gasteiger partial charge in [-0.25, -0.2) is 4.98 Å². The van der Waals surface area contributed by atoms with E-state index in [0.717, 1.165) is 42.8 Å². The molecular formula is C22H30ClN5O. The van der Waals surface area contributed by atoms with Gasteiger partial charge in [-0.05, 0) is 57.2 Å². The molecule has 0 radical (unpaired) electrons. The summed E-state index contributed by atoms with van der Waals surface area (Å²) in [6, 6.07) is 9.85. The summed E-state index contributed by atoms with van der Waals surface area (Å²) >= 11 is 5.94. The highest BCUT2D eigenvalue weighted by Gasteiger charge is 2.27. The van der Waals surface area contributed by atoms with E-state index >= 15 is 0 Å². The predicted octanol–water partition coefficient (Wildman–Crippen LogP) is 4.35. The zero-order valence-corrected chi connectivity index (χ0v) is 18.3. The third-order valence-electron chi connectivity index (χ3n) is 5.46. The number of aromatic nitrogens is 2. The topological polar surface area (TPSA) is 70.2 Å². The molecule has 1 amide bonds. The Morgan fingerprint density at radius 3 is 2.41 bits per heavy atom. The Bertz CT molecular complexity index is 832. The van der Waals surface area contributed by atoms with Gasteiger partial charge in [0, 0.05) is 42.8 Å². The van der Waals surface area contributed by atoms with Gasteiger partial charge in [0.1, 0.15) is 5.82 Å². The molecule has 0 aliphatic heterocycles. The van der Waals surface area contributed by atoms with E-state index in [1.807, 2.05) is 63.2 Å². The standard InChI is InChI=1S/C22H30ClN5O/c1-14-13-20(28(3)4)27-22(24-14)26-19-11-7-17(8-12-19)21(29)25-15(2)16-5-9-18(23)10-6-16/h5-6,9-10,13,15,17,19H,7-8,11-12H2,1-4H3,(H,25,29)(H,24,26,27)/t15-,17-,19+/m0/s1. The fraction of sp³-hybridized carbons (Fsp3) is 0.500. The molecule has 2 aromatic rings. The molecular weight excluding hydrogens is 386 g/mol. The van der Waals surface area contributed by atoms with Crippen LogP contribution in [0.4, 0.5) is 11.8 Å². The van der Waals surface area contributed by atoms with Gasteiger partial charge in [-0.3, -0.25) is 4.79 Å². The lowest BCUT2D eigenvalue weighted by molar-refractivity contribution is -0.126. The summed E-state index contributed by atoms with van der Waals surface area (Å²) < 4.78 is 0. The van der Waals surface area contributed by atoms with Crippen LogP contribution in [0.2, 0.25) is 5.02 Å². The maximum atomic E-state index is 12.7. The molecule has 1 aliphatic rings. The monoisotopic (exact) mass is 415 g/mol. The molecule has 3 rings (SSSR count). The van der Waals surface area contributed by atoms with Crippen molar-refractivity contribution in [2.75, 3.05) is 24.3 Å². The van der Waals surface area contributed by atoms with E-state index < -0.39 is 0 Å². The van der Waals surface area contributed by atoms with E-state index in [2.05, 4.69) is 20.6 Å². The summed E-state index contributed by atoms with van der Waals surface area (Å²) in [7, 11) is 3.95. The van der Waals surface area contributed by atoms with Crippen LogP contribution in [-0.2, 0) is 4.79 Å². The number of carbonyl (C=O) groups is 1. The number of aryl methyl sites for hydroxylation is 1. The van der Waals surface area contributed by atoms with Crippen LogP contribution in [0.25, 0.3) is 0 Å². The summed E-state index contributed by atoms with van der Waals surface area (Å²) in [5.74, 6) is 1.74. The number of anilines is 2. The fourth-order valence-electron chi connectivity index (χ4n) is 3.69. The van der Waals surface area contributed by atoms with E-state index in [1.54, 1.807) is 0 Å². The van der Waals surface area contributed by atoms with Gasteiger partial charge in [0.25, 0.3) is 0 Å². The van der Waals surface area contributed by atoms with E-state index in [0.29, 0.717) is 17.0 Å². The first-order valence-corrected chi connectivity index (χ1v) is 10.5. The Balaban J connectivity index is 1.51. The molecule has 0 spiro atoms. The van der Waals surface area contributed by atoms with Crippen LogP contribution in [-0.4, -0.2) is 36.0 Å². The van der Waals surface area contributed by atoms with Gasteiger partial charge < -0.3 is 15.5 Å². The third kappa shape index (κ3) is 5.82. The summed E-state index contributed by atoms with van der Waals surface area (Å²) in [5, 5.41) is 7.30. The SMILES string of the molecule is Cc1cc(N(C)C)nc(N[C@H]2CC[C@@H](C(=O)N[C@@H](C)c3ccc(Cl)cc3)CC2)n1. The molecule has 7 heteroatoms. The Morgan fingerprint density at radius 1 is 1.14 bits per heavy atom. The van der Waals surface area contributed by atoms with Crippen molar-refractivity contribution in [3.8, 4) is 0 Å². The molecule has 1 aromatic carbocycles. The first kappa shape index (κ1) is 21.4. The molecule has 1 aliphatic carbocycles. The van der Waals surface area contributed by atoms with Crippen molar-refractivity contribution in [1.29, 1.82) is 0 Å². The van der Waals surface area contributed by atoms with Gasteiger partial charge in [-0.15, -0.1) is 0 Å². The second kappa shape index (κ2) is 9.44. The number of halogens is 1. The number of carbonyl (C=O) groups excluding carboxylic acids is 1. The highest BCUT2D eigenvalue weighted by atomic mass is 35.5. The van der Waals surface area contributed by atoms with Gasteiger partial charge in [-0.1, -0.05) is 23.7 Å². The van der Waals surface area contributed by atoms with Crippen LogP contribution in [0.5, 0.6) is 0 Å². The van der Waals surface area contributed by atoms with E-state index in [1.165, 1.54) is 0 Å². The Morgan fingerprint density at radius 2 is 1.79 bits per heavy atom. The molecule has 2 N–H and O–H groups in total. The zero-order chi connectivity index (χ0) is 21.0. The van der Waals surface area contributed by atoms with Crippen molar-refractivity contribution in [2.24, 2.45) is 5.92 Å². The normalized spacial score (nSPS) is 20.0. The first-order chi connectivity index (χ1) is 13.8. The smallest absolute Gasteiger partial charge is 0.225 e. The highest BCUT2D eigenvalue weighted by Crippen LogP contribution is 2.27. The number of benzene rings is 1. The summed E-state index contributed by atoms with van der Waals surface area (Å²) in [6.07, 6.45) is 3.59. The van der Waals surface area contributed by atoms with Crippen LogP contribution >= 0.6 is 11.6 Å². The lowest BCUT2D eigenvalue weighted by Gasteiger charge is -2.29. The van der Waals surface area contributed by atoms with Crippen molar-refractivity contribution in [1.82, 2.24) is 15.3 Å². The molecule has 1 aromatic heterocycles. The number of rotatable bonds is 6. The first-order valence-electron chi connectivity index (χ1n) is 10.2. The van der Waals surface area contributed by atoms with Gasteiger partial charge in [-0.2, -0.15) is 4.98 Å². The summed E-state index contributed by atoms with van der Waals surface area (Å²) in [6.45, 7) is 3.98. The minimum Gasteiger partial charge on any atom is -0.363 e. The van der Waals surface area contributed by atoms with Crippen LogP contribution < -0.4 is 15.5 Å². The molecule has 0 bridgehead atoms.